The third-order valence-corrected chi connectivity index (χ3v) is 2.88. The van der Waals surface area contributed by atoms with Crippen LogP contribution in [0.1, 0.15) is 24.8 Å². The van der Waals surface area contributed by atoms with E-state index in [-0.39, 0.29) is 11.8 Å². The van der Waals surface area contributed by atoms with Crippen molar-refractivity contribution in [3.63, 3.8) is 0 Å². The van der Waals surface area contributed by atoms with E-state index in [0.29, 0.717) is 16.5 Å². The molecule has 0 spiro atoms. The maximum Gasteiger partial charge on any atom is 0.313 e. The molecule has 1 unspecified atom stereocenters. The first-order valence-electron chi connectivity index (χ1n) is 4.63. The first kappa shape index (κ1) is 12.2. The third-order valence-electron chi connectivity index (χ3n) is 2.24. The van der Waals surface area contributed by atoms with Gasteiger partial charge in [-0.15, -0.1) is 0 Å². The molecule has 0 fully saturated rings. The summed E-state index contributed by atoms with van der Waals surface area (Å²) in [5, 5.41) is 0. The van der Waals surface area contributed by atoms with Gasteiger partial charge in [-0.2, -0.15) is 0 Å². The maximum absolute atomic E-state index is 13.2. The quantitative estimate of drug-likeness (QED) is 0.791. The summed E-state index contributed by atoms with van der Waals surface area (Å²) in [5.41, 5.74) is 0.644. The van der Waals surface area contributed by atoms with Crippen molar-refractivity contribution in [1.82, 2.24) is 0 Å². The van der Waals surface area contributed by atoms with Crippen molar-refractivity contribution in [2.45, 2.75) is 19.3 Å². The molecule has 0 aliphatic rings. The van der Waals surface area contributed by atoms with Crippen LogP contribution >= 0.6 is 15.9 Å². The van der Waals surface area contributed by atoms with Crippen LogP contribution in [0.4, 0.5) is 4.39 Å². The Bertz CT molecular complexity index is 366. The topological polar surface area (TPSA) is 26.3 Å². The molecule has 0 bridgehead atoms. The second-order valence-electron chi connectivity index (χ2n) is 3.16. The van der Waals surface area contributed by atoms with Crippen LogP contribution in [0.3, 0.4) is 0 Å². The summed E-state index contributed by atoms with van der Waals surface area (Å²) < 4.78 is 18.3. The van der Waals surface area contributed by atoms with Crippen LogP contribution in [0.2, 0.25) is 0 Å². The number of hydrogen-bond donors (Lipinski definition) is 0. The van der Waals surface area contributed by atoms with Gasteiger partial charge in [0.05, 0.1) is 17.5 Å². The van der Waals surface area contributed by atoms with E-state index in [9.17, 15) is 9.18 Å². The lowest BCUT2D eigenvalue weighted by Crippen LogP contribution is -2.13. The molecule has 4 heteroatoms. The van der Waals surface area contributed by atoms with E-state index in [0.717, 1.165) is 0 Å². The predicted octanol–water partition coefficient (Wildman–Crippen LogP) is 3.25. The predicted molar refractivity (Wildman–Crippen MR) is 59.1 cm³/mol. The van der Waals surface area contributed by atoms with Crippen molar-refractivity contribution < 1.29 is 13.9 Å². The smallest absolute Gasteiger partial charge is 0.313 e. The monoisotopic (exact) mass is 274 g/mol. The number of hydrogen-bond acceptors (Lipinski definition) is 2. The number of carbonyl (C=O) groups is 1. The number of esters is 1. The van der Waals surface area contributed by atoms with Gasteiger partial charge in [0.2, 0.25) is 0 Å². The normalized spacial score (nSPS) is 12.3. The van der Waals surface area contributed by atoms with Crippen molar-refractivity contribution >= 4 is 21.9 Å². The van der Waals surface area contributed by atoms with Crippen LogP contribution in [0.25, 0.3) is 0 Å². The number of ether oxygens (including phenoxy) is 1. The molecule has 82 valence electrons. The van der Waals surface area contributed by atoms with Gasteiger partial charge in [-0.05, 0) is 40.0 Å². The van der Waals surface area contributed by atoms with E-state index in [1.807, 2.05) is 6.92 Å². The standard InChI is InChI=1S/C11H12BrFO2/c1-3-8(11(14)15-2)7-4-5-9(12)10(13)6-7/h4-6,8H,3H2,1-2H3. The maximum atomic E-state index is 13.2. The molecule has 0 radical (unpaired) electrons. The van der Waals surface area contributed by atoms with Gasteiger partial charge in [-0.25, -0.2) is 4.39 Å². The zero-order valence-corrected chi connectivity index (χ0v) is 10.2. The Kier molecular flexibility index (Phi) is 4.27. The van der Waals surface area contributed by atoms with E-state index < -0.39 is 5.92 Å². The molecule has 0 aliphatic carbocycles. The van der Waals surface area contributed by atoms with Crippen LogP contribution in [0.5, 0.6) is 0 Å². The summed E-state index contributed by atoms with van der Waals surface area (Å²) in [6.45, 7) is 1.86. The Morgan fingerprint density at radius 1 is 1.60 bits per heavy atom. The summed E-state index contributed by atoms with van der Waals surface area (Å²) in [7, 11) is 1.33. The SMILES string of the molecule is CCC(C(=O)OC)c1ccc(Br)c(F)c1. The highest BCUT2D eigenvalue weighted by atomic mass is 79.9. The van der Waals surface area contributed by atoms with Crippen molar-refractivity contribution in [2.24, 2.45) is 0 Å². The summed E-state index contributed by atoms with van der Waals surface area (Å²) in [5.74, 6) is -1.09. The van der Waals surface area contributed by atoms with Gasteiger partial charge in [0.15, 0.2) is 0 Å². The molecule has 0 aromatic heterocycles. The first-order chi connectivity index (χ1) is 7.10. The molecular weight excluding hydrogens is 263 g/mol. The van der Waals surface area contributed by atoms with E-state index in [4.69, 9.17) is 0 Å². The Morgan fingerprint density at radius 3 is 2.73 bits per heavy atom. The number of rotatable bonds is 3. The lowest BCUT2D eigenvalue weighted by molar-refractivity contribution is -0.142. The highest BCUT2D eigenvalue weighted by molar-refractivity contribution is 9.10. The second-order valence-corrected chi connectivity index (χ2v) is 4.01. The number of halogens is 2. The zero-order chi connectivity index (χ0) is 11.4. The highest BCUT2D eigenvalue weighted by Crippen LogP contribution is 2.25. The van der Waals surface area contributed by atoms with Gasteiger partial charge < -0.3 is 4.74 Å². The minimum Gasteiger partial charge on any atom is -0.469 e. The minimum absolute atomic E-state index is 0.334. The highest BCUT2D eigenvalue weighted by Gasteiger charge is 2.19. The van der Waals surface area contributed by atoms with Crippen LogP contribution < -0.4 is 0 Å². The van der Waals surface area contributed by atoms with Gasteiger partial charge in [-0.3, -0.25) is 4.79 Å². The Morgan fingerprint density at radius 2 is 2.27 bits per heavy atom. The molecular formula is C11H12BrFO2. The van der Waals surface area contributed by atoms with Gasteiger partial charge in [-0.1, -0.05) is 13.0 Å². The van der Waals surface area contributed by atoms with E-state index in [2.05, 4.69) is 20.7 Å². The Labute approximate surface area is 96.6 Å². The molecule has 0 amide bonds. The molecule has 0 saturated carbocycles. The fraction of sp³-hybridized carbons (Fsp3) is 0.364. The van der Waals surface area contributed by atoms with Crippen molar-refractivity contribution in [3.05, 3.63) is 34.1 Å². The average Bonchev–Trinajstić information content (AvgIpc) is 2.24. The molecule has 0 heterocycles. The van der Waals surface area contributed by atoms with Crippen molar-refractivity contribution in [3.8, 4) is 0 Å². The molecule has 0 aliphatic heterocycles. The van der Waals surface area contributed by atoms with E-state index >= 15 is 0 Å². The Balaban J connectivity index is 3.02. The van der Waals surface area contributed by atoms with Crippen LogP contribution in [-0.4, -0.2) is 13.1 Å². The lowest BCUT2D eigenvalue weighted by atomic mass is 9.97. The fourth-order valence-electron chi connectivity index (χ4n) is 1.41. The largest absolute Gasteiger partial charge is 0.469 e. The zero-order valence-electron chi connectivity index (χ0n) is 8.59. The molecule has 1 aromatic rings. The van der Waals surface area contributed by atoms with Crippen LogP contribution in [0.15, 0.2) is 22.7 Å². The third kappa shape index (κ3) is 2.78. The van der Waals surface area contributed by atoms with Gasteiger partial charge >= 0.3 is 5.97 Å². The van der Waals surface area contributed by atoms with Gasteiger partial charge in [0, 0.05) is 0 Å². The molecule has 15 heavy (non-hydrogen) atoms. The molecule has 1 rings (SSSR count). The van der Waals surface area contributed by atoms with Gasteiger partial charge in [0.25, 0.3) is 0 Å². The van der Waals surface area contributed by atoms with Crippen LogP contribution in [0, 0.1) is 5.82 Å². The van der Waals surface area contributed by atoms with E-state index in [1.54, 1.807) is 12.1 Å². The number of methoxy groups -OCH3 is 1. The molecule has 0 N–H and O–H groups in total. The summed E-state index contributed by atoms with van der Waals surface area (Å²) >= 11 is 3.06. The summed E-state index contributed by atoms with van der Waals surface area (Å²) in [4.78, 5) is 11.4. The van der Waals surface area contributed by atoms with Crippen molar-refractivity contribution in [2.75, 3.05) is 7.11 Å². The minimum atomic E-state index is -0.391. The molecule has 2 nitrogen and oxygen atoms in total. The number of benzene rings is 1. The fourth-order valence-corrected chi connectivity index (χ4v) is 1.66. The van der Waals surface area contributed by atoms with E-state index in [1.165, 1.54) is 13.2 Å². The van der Waals surface area contributed by atoms with Crippen LogP contribution in [-0.2, 0) is 9.53 Å². The van der Waals surface area contributed by atoms with Gasteiger partial charge in [0.1, 0.15) is 5.82 Å². The number of carbonyl (C=O) groups excluding carboxylic acids is 1. The van der Waals surface area contributed by atoms with Crippen molar-refractivity contribution in [1.29, 1.82) is 0 Å². The first-order valence-corrected chi connectivity index (χ1v) is 5.42. The molecule has 1 aromatic carbocycles. The second kappa shape index (κ2) is 5.26. The lowest BCUT2D eigenvalue weighted by Gasteiger charge is -2.12. The summed E-state index contributed by atoms with van der Waals surface area (Å²) in [6, 6.07) is 4.67. The Hall–Kier alpha value is -0.900. The molecule has 0 saturated heterocycles. The summed E-state index contributed by atoms with van der Waals surface area (Å²) in [6.07, 6.45) is 0.591. The average molecular weight is 275 g/mol. The molecule has 1 atom stereocenters.